The van der Waals surface area contributed by atoms with E-state index >= 15 is 0 Å². The molecule has 0 bridgehead atoms. The molecule has 3 atom stereocenters. The molecule has 1 aliphatic heterocycles. The zero-order valence-electron chi connectivity index (χ0n) is 18.8. The van der Waals surface area contributed by atoms with Gasteiger partial charge in [-0.1, -0.05) is 34.6 Å². The number of rotatable bonds is 8. The van der Waals surface area contributed by atoms with Crippen LogP contribution in [0.15, 0.2) is 0 Å². The zero-order chi connectivity index (χ0) is 20.7. The average Bonchev–Trinajstić information content (AvgIpc) is 2.62. The molecule has 1 saturated carbocycles. The van der Waals surface area contributed by atoms with Gasteiger partial charge in [0.25, 0.3) is 0 Å². The van der Waals surface area contributed by atoms with Gasteiger partial charge < -0.3 is 15.5 Å². The van der Waals surface area contributed by atoms with Crippen molar-refractivity contribution in [3.63, 3.8) is 0 Å². The zero-order valence-corrected chi connectivity index (χ0v) is 18.8. The van der Waals surface area contributed by atoms with Crippen molar-refractivity contribution in [3.05, 3.63) is 0 Å². The molecule has 162 valence electrons. The van der Waals surface area contributed by atoms with Crippen LogP contribution in [-0.2, 0) is 9.59 Å². The number of likely N-dealkylation sites (tertiary alicyclic amines) is 1. The second-order valence-corrected chi connectivity index (χ2v) is 10.0. The van der Waals surface area contributed by atoms with Gasteiger partial charge in [0.15, 0.2) is 0 Å². The molecule has 0 aromatic heterocycles. The maximum absolute atomic E-state index is 12.7. The number of hydrogen-bond donors (Lipinski definition) is 2. The summed E-state index contributed by atoms with van der Waals surface area (Å²) in [7, 11) is 0. The highest BCUT2D eigenvalue weighted by molar-refractivity contribution is 5.88. The normalized spacial score (nSPS) is 30.1. The largest absolute Gasteiger partial charge is 0.354 e. The lowest BCUT2D eigenvalue weighted by atomic mass is 9.82. The van der Waals surface area contributed by atoms with Crippen molar-refractivity contribution < 1.29 is 9.59 Å². The summed E-state index contributed by atoms with van der Waals surface area (Å²) in [5.74, 6) is 2.45. The second kappa shape index (κ2) is 11.2. The average molecular weight is 394 g/mol. The maximum Gasteiger partial charge on any atom is 0.242 e. The summed E-state index contributed by atoms with van der Waals surface area (Å²) in [6, 6.07) is -0.429. The molecule has 2 fully saturated rings. The quantitative estimate of drug-likeness (QED) is 0.621. The highest BCUT2D eigenvalue weighted by atomic mass is 16.2. The van der Waals surface area contributed by atoms with E-state index < -0.39 is 6.04 Å². The monoisotopic (exact) mass is 393 g/mol. The van der Waals surface area contributed by atoms with Crippen LogP contribution in [-0.4, -0.2) is 48.9 Å². The van der Waals surface area contributed by atoms with E-state index in [0.717, 1.165) is 56.4 Å². The van der Waals surface area contributed by atoms with Gasteiger partial charge in [-0.3, -0.25) is 9.59 Å². The molecule has 2 rings (SSSR count). The van der Waals surface area contributed by atoms with Crippen molar-refractivity contribution in [2.24, 2.45) is 29.6 Å². The molecule has 28 heavy (non-hydrogen) atoms. The highest BCUT2D eigenvalue weighted by Crippen LogP contribution is 2.28. The number of hydrogen-bond acceptors (Lipinski definition) is 3. The summed E-state index contributed by atoms with van der Waals surface area (Å²) in [6.07, 6.45) is 6.42. The number of amides is 2. The van der Waals surface area contributed by atoms with Crippen molar-refractivity contribution in [1.29, 1.82) is 0 Å². The van der Waals surface area contributed by atoms with Gasteiger partial charge in [0, 0.05) is 25.6 Å². The molecule has 2 aliphatic rings. The Kier molecular flexibility index (Phi) is 9.26. The Morgan fingerprint density at radius 1 is 0.964 bits per heavy atom. The van der Waals surface area contributed by atoms with Gasteiger partial charge >= 0.3 is 0 Å². The van der Waals surface area contributed by atoms with E-state index in [9.17, 15) is 9.59 Å². The minimum atomic E-state index is -0.429. The molecule has 5 heteroatoms. The molecule has 0 radical (unpaired) electrons. The first-order valence-electron chi connectivity index (χ1n) is 11.6. The predicted octanol–water partition coefficient (Wildman–Crippen LogP) is 3.44. The molecular weight excluding hydrogens is 350 g/mol. The maximum atomic E-state index is 12.7. The molecule has 1 aliphatic carbocycles. The van der Waals surface area contributed by atoms with E-state index in [1.54, 1.807) is 0 Å². The van der Waals surface area contributed by atoms with Crippen molar-refractivity contribution >= 4 is 11.8 Å². The third-order valence-corrected chi connectivity index (χ3v) is 6.53. The van der Waals surface area contributed by atoms with E-state index in [0.29, 0.717) is 6.54 Å². The first kappa shape index (κ1) is 23.2. The van der Waals surface area contributed by atoms with Gasteiger partial charge in [0.2, 0.25) is 11.8 Å². The van der Waals surface area contributed by atoms with E-state index in [4.69, 9.17) is 0 Å². The smallest absolute Gasteiger partial charge is 0.242 e. The Morgan fingerprint density at radius 2 is 1.57 bits per heavy atom. The molecule has 0 aromatic carbocycles. The molecular formula is C23H43N3O2. The molecule has 0 spiro atoms. The third-order valence-electron chi connectivity index (χ3n) is 6.53. The Hall–Kier alpha value is -1.10. The van der Waals surface area contributed by atoms with Gasteiger partial charge in [0.05, 0.1) is 0 Å². The lowest BCUT2D eigenvalue weighted by molar-refractivity contribution is -0.132. The van der Waals surface area contributed by atoms with Crippen LogP contribution in [0.4, 0.5) is 0 Å². The predicted molar refractivity (Wildman–Crippen MR) is 115 cm³/mol. The summed E-state index contributed by atoms with van der Waals surface area (Å²) in [5, 5.41) is 6.10. The van der Waals surface area contributed by atoms with Crippen LogP contribution in [0, 0.1) is 29.6 Å². The minimum absolute atomic E-state index is 0.0343. The number of nitrogens with one attached hydrogen (secondary N) is 2. The van der Waals surface area contributed by atoms with Crippen LogP contribution in [0.25, 0.3) is 0 Å². The Morgan fingerprint density at radius 3 is 2.14 bits per heavy atom. The minimum Gasteiger partial charge on any atom is -0.354 e. The van der Waals surface area contributed by atoms with E-state index in [1.807, 2.05) is 13.8 Å². The summed E-state index contributed by atoms with van der Waals surface area (Å²) in [6.45, 7) is 15.0. The molecule has 5 nitrogen and oxygen atoms in total. The van der Waals surface area contributed by atoms with E-state index in [-0.39, 0.29) is 23.7 Å². The lowest BCUT2D eigenvalue weighted by Crippen LogP contribution is -2.51. The molecule has 2 N–H and O–H groups in total. The van der Waals surface area contributed by atoms with Crippen molar-refractivity contribution in [3.8, 4) is 0 Å². The van der Waals surface area contributed by atoms with Crippen LogP contribution >= 0.6 is 0 Å². The van der Waals surface area contributed by atoms with E-state index in [2.05, 4.69) is 36.3 Å². The lowest BCUT2D eigenvalue weighted by Gasteiger charge is -2.35. The van der Waals surface area contributed by atoms with Gasteiger partial charge in [-0.2, -0.15) is 0 Å². The third kappa shape index (κ3) is 7.38. The molecule has 0 unspecified atom stereocenters. The summed E-state index contributed by atoms with van der Waals surface area (Å²) >= 11 is 0. The van der Waals surface area contributed by atoms with Crippen LogP contribution in [0.2, 0.25) is 0 Å². The van der Waals surface area contributed by atoms with Gasteiger partial charge in [-0.15, -0.1) is 0 Å². The van der Waals surface area contributed by atoms with Crippen LogP contribution in [0.1, 0.15) is 73.1 Å². The molecule has 0 aromatic rings. The topological polar surface area (TPSA) is 61.4 Å². The van der Waals surface area contributed by atoms with Crippen molar-refractivity contribution in [2.45, 2.75) is 79.2 Å². The fraction of sp³-hybridized carbons (Fsp3) is 0.913. The Balaban J connectivity index is 1.72. The Labute approximate surface area is 172 Å². The summed E-state index contributed by atoms with van der Waals surface area (Å²) in [4.78, 5) is 27.8. The van der Waals surface area contributed by atoms with Gasteiger partial charge in [0.1, 0.15) is 6.04 Å². The van der Waals surface area contributed by atoms with Crippen LogP contribution in [0.3, 0.4) is 0 Å². The van der Waals surface area contributed by atoms with Crippen LogP contribution in [0.5, 0.6) is 0 Å². The number of piperidine rings is 1. The molecule has 2 amide bonds. The highest BCUT2D eigenvalue weighted by Gasteiger charge is 2.29. The van der Waals surface area contributed by atoms with Crippen molar-refractivity contribution in [1.82, 2.24) is 15.5 Å². The fourth-order valence-electron chi connectivity index (χ4n) is 4.93. The number of nitrogens with zero attached hydrogens (tertiary/aromatic N) is 1. The van der Waals surface area contributed by atoms with Gasteiger partial charge in [-0.25, -0.2) is 0 Å². The number of carbonyl (C=O) groups excluding carboxylic acids is 2. The standard InChI is InChI=1S/C23H43N3O2/c1-16(2)21(25-22(27)20-9-7-17(3)8-10-20)23(28)24-11-6-12-26-14-18(4)13-19(5)15-26/h16-21H,6-15H2,1-5H3,(H,24,28)(H,25,27)/t17?,18-,19-,20?,21-/m0/s1. The second-order valence-electron chi connectivity index (χ2n) is 10.0. The first-order valence-corrected chi connectivity index (χ1v) is 11.6. The molecule has 1 heterocycles. The first-order chi connectivity index (χ1) is 13.3. The van der Waals surface area contributed by atoms with Gasteiger partial charge in [-0.05, 0) is 68.7 Å². The van der Waals surface area contributed by atoms with Crippen LogP contribution < -0.4 is 10.6 Å². The van der Waals surface area contributed by atoms with E-state index in [1.165, 1.54) is 19.5 Å². The number of carbonyl (C=O) groups is 2. The Bertz CT molecular complexity index is 490. The summed E-state index contributed by atoms with van der Waals surface area (Å²) in [5.41, 5.74) is 0. The SMILES string of the molecule is CC1CCC(C(=O)N[C@H](C(=O)NCCCN2C[C@@H](C)C[C@H](C)C2)C(C)C)CC1. The van der Waals surface area contributed by atoms with Crippen molar-refractivity contribution in [2.75, 3.05) is 26.2 Å². The molecule has 1 saturated heterocycles. The summed E-state index contributed by atoms with van der Waals surface area (Å²) < 4.78 is 0. The fourth-order valence-corrected chi connectivity index (χ4v) is 4.93.